The molecule has 132 valence electrons. The minimum atomic E-state index is -1.16. The van der Waals surface area contributed by atoms with Crippen LogP contribution in [-0.4, -0.2) is 27.6 Å². The standard InChI is InChI=1S/C15H13F2N3O5/c1-19-11(6-13(22)20(2)15(19)24)18-12(21)7-25-14(23)9-4-3-8(16)5-10(9)17/h3-6H,7H2,1-2H3,(H,18,21). The molecule has 0 spiro atoms. The van der Waals surface area contributed by atoms with Crippen molar-refractivity contribution in [2.45, 2.75) is 0 Å². The normalized spacial score (nSPS) is 10.4. The zero-order valence-corrected chi connectivity index (χ0v) is 13.2. The second kappa shape index (κ2) is 7.07. The Bertz CT molecular complexity index is 965. The fourth-order valence-electron chi connectivity index (χ4n) is 1.90. The number of esters is 1. The predicted molar refractivity (Wildman–Crippen MR) is 82.2 cm³/mol. The van der Waals surface area contributed by atoms with E-state index in [0.717, 1.165) is 27.3 Å². The summed E-state index contributed by atoms with van der Waals surface area (Å²) < 4.78 is 32.7. The molecule has 0 saturated heterocycles. The number of nitrogens with zero attached hydrogens (tertiary/aromatic N) is 2. The first kappa shape index (κ1) is 18.0. The summed E-state index contributed by atoms with van der Waals surface area (Å²) in [5.41, 5.74) is -1.83. The topological polar surface area (TPSA) is 99.4 Å². The molecule has 1 aromatic heterocycles. The van der Waals surface area contributed by atoms with Crippen molar-refractivity contribution in [3.63, 3.8) is 0 Å². The maximum absolute atomic E-state index is 13.4. The molecule has 0 atom stereocenters. The van der Waals surface area contributed by atoms with Gasteiger partial charge >= 0.3 is 11.7 Å². The quantitative estimate of drug-likeness (QED) is 0.790. The van der Waals surface area contributed by atoms with E-state index in [-0.39, 0.29) is 5.82 Å². The van der Waals surface area contributed by atoms with Crippen LogP contribution in [0.2, 0.25) is 0 Å². The van der Waals surface area contributed by atoms with Crippen LogP contribution in [0.5, 0.6) is 0 Å². The van der Waals surface area contributed by atoms with E-state index in [1.54, 1.807) is 0 Å². The Morgan fingerprint density at radius 2 is 1.80 bits per heavy atom. The largest absolute Gasteiger partial charge is 0.452 e. The summed E-state index contributed by atoms with van der Waals surface area (Å²) in [7, 11) is 2.60. The van der Waals surface area contributed by atoms with Gasteiger partial charge in [-0.25, -0.2) is 18.4 Å². The van der Waals surface area contributed by atoms with E-state index >= 15 is 0 Å². The number of rotatable bonds is 4. The van der Waals surface area contributed by atoms with Crippen LogP contribution in [0, 0.1) is 11.6 Å². The number of nitrogens with one attached hydrogen (secondary N) is 1. The van der Waals surface area contributed by atoms with Crippen molar-refractivity contribution in [1.82, 2.24) is 9.13 Å². The molecule has 1 N–H and O–H groups in total. The van der Waals surface area contributed by atoms with E-state index in [9.17, 15) is 28.0 Å². The van der Waals surface area contributed by atoms with Crippen LogP contribution >= 0.6 is 0 Å². The molecule has 2 aromatic rings. The van der Waals surface area contributed by atoms with Gasteiger partial charge < -0.3 is 10.1 Å². The third kappa shape index (κ3) is 3.97. The zero-order valence-electron chi connectivity index (χ0n) is 13.2. The van der Waals surface area contributed by atoms with E-state index in [2.05, 4.69) is 10.1 Å². The summed E-state index contributed by atoms with van der Waals surface area (Å²) in [6.07, 6.45) is 0. The van der Waals surface area contributed by atoms with Crippen LogP contribution in [0.1, 0.15) is 10.4 Å². The number of ether oxygens (including phenoxy) is 1. The summed E-state index contributed by atoms with van der Waals surface area (Å²) in [6.45, 7) is -0.793. The van der Waals surface area contributed by atoms with Crippen LogP contribution in [0.25, 0.3) is 0 Å². The fraction of sp³-hybridized carbons (Fsp3) is 0.200. The Morgan fingerprint density at radius 1 is 1.12 bits per heavy atom. The minimum Gasteiger partial charge on any atom is -0.452 e. The van der Waals surface area contributed by atoms with Crippen molar-refractivity contribution < 1.29 is 23.1 Å². The summed E-state index contributed by atoms with van der Waals surface area (Å²) in [6, 6.07) is 3.28. The minimum absolute atomic E-state index is 0.0953. The first-order valence-electron chi connectivity index (χ1n) is 6.90. The maximum Gasteiger partial charge on any atom is 0.341 e. The Morgan fingerprint density at radius 3 is 2.44 bits per heavy atom. The van der Waals surface area contributed by atoms with Gasteiger partial charge in [0.1, 0.15) is 17.5 Å². The molecule has 1 heterocycles. The van der Waals surface area contributed by atoms with Gasteiger partial charge in [0.05, 0.1) is 5.56 Å². The molecule has 2 rings (SSSR count). The Labute approximate surface area is 139 Å². The molecule has 8 nitrogen and oxygen atoms in total. The second-order valence-corrected chi connectivity index (χ2v) is 5.02. The lowest BCUT2D eigenvalue weighted by atomic mass is 10.2. The number of hydrogen-bond acceptors (Lipinski definition) is 5. The molecule has 1 aromatic carbocycles. The van der Waals surface area contributed by atoms with Gasteiger partial charge in [0.25, 0.3) is 11.5 Å². The number of halogens is 2. The molecular formula is C15H13F2N3O5. The number of carbonyl (C=O) groups excluding carboxylic acids is 2. The number of anilines is 1. The highest BCUT2D eigenvalue weighted by molar-refractivity contribution is 5.95. The SMILES string of the molecule is Cn1c(NC(=O)COC(=O)c2ccc(F)cc2F)cc(=O)n(C)c1=O. The Kier molecular flexibility index (Phi) is 5.11. The summed E-state index contributed by atoms with van der Waals surface area (Å²) in [5, 5.41) is 2.23. The summed E-state index contributed by atoms with van der Waals surface area (Å²) in [5.74, 6) is -4.09. The number of carbonyl (C=O) groups is 2. The van der Waals surface area contributed by atoms with Crippen molar-refractivity contribution in [1.29, 1.82) is 0 Å². The van der Waals surface area contributed by atoms with Crippen molar-refractivity contribution in [2.75, 3.05) is 11.9 Å². The van der Waals surface area contributed by atoms with Crippen LogP contribution in [0.4, 0.5) is 14.6 Å². The predicted octanol–water partition coefficient (Wildman–Crippen LogP) is 0.158. The smallest absolute Gasteiger partial charge is 0.341 e. The summed E-state index contributed by atoms with van der Waals surface area (Å²) in [4.78, 5) is 46.7. The average Bonchev–Trinajstić information content (AvgIpc) is 2.55. The molecule has 0 unspecified atom stereocenters. The maximum atomic E-state index is 13.4. The number of aromatic nitrogens is 2. The molecule has 0 aliphatic carbocycles. The Hall–Kier alpha value is -3.30. The van der Waals surface area contributed by atoms with Crippen molar-refractivity contribution in [3.05, 3.63) is 62.3 Å². The lowest BCUT2D eigenvalue weighted by Crippen LogP contribution is -2.38. The molecule has 0 bridgehead atoms. The molecule has 0 radical (unpaired) electrons. The van der Waals surface area contributed by atoms with Gasteiger partial charge in [0.2, 0.25) is 0 Å². The third-order valence-corrected chi connectivity index (χ3v) is 3.28. The van der Waals surface area contributed by atoms with Gasteiger partial charge in [-0.05, 0) is 12.1 Å². The highest BCUT2D eigenvalue weighted by atomic mass is 19.1. The average molecular weight is 353 g/mol. The van der Waals surface area contributed by atoms with Crippen molar-refractivity contribution in [2.24, 2.45) is 14.1 Å². The van der Waals surface area contributed by atoms with E-state index in [1.807, 2.05) is 0 Å². The molecule has 0 aliphatic heterocycles. The van der Waals surface area contributed by atoms with Crippen molar-refractivity contribution in [3.8, 4) is 0 Å². The second-order valence-electron chi connectivity index (χ2n) is 5.02. The van der Waals surface area contributed by atoms with Gasteiger partial charge in [-0.2, -0.15) is 0 Å². The molecular weight excluding hydrogens is 340 g/mol. The highest BCUT2D eigenvalue weighted by Gasteiger charge is 2.16. The number of hydrogen-bond donors (Lipinski definition) is 1. The zero-order chi connectivity index (χ0) is 18.7. The fourth-order valence-corrected chi connectivity index (χ4v) is 1.90. The first-order chi connectivity index (χ1) is 11.7. The van der Waals surface area contributed by atoms with Gasteiger partial charge in [-0.15, -0.1) is 0 Å². The third-order valence-electron chi connectivity index (χ3n) is 3.28. The number of benzene rings is 1. The highest BCUT2D eigenvalue weighted by Crippen LogP contribution is 2.10. The van der Waals surface area contributed by atoms with E-state index in [0.29, 0.717) is 6.07 Å². The van der Waals surface area contributed by atoms with Gasteiger partial charge in [-0.3, -0.25) is 18.7 Å². The lowest BCUT2D eigenvalue weighted by molar-refractivity contribution is -0.119. The summed E-state index contributed by atoms with van der Waals surface area (Å²) >= 11 is 0. The van der Waals surface area contributed by atoms with Crippen LogP contribution < -0.4 is 16.6 Å². The lowest BCUT2D eigenvalue weighted by Gasteiger charge is -2.11. The van der Waals surface area contributed by atoms with Gasteiger partial charge in [0.15, 0.2) is 6.61 Å². The monoisotopic (exact) mass is 353 g/mol. The molecule has 0 aliphatic rings. The van der Waals surface area contributed by atoms with Crippen LogP contribution in [0.3, 0.4) is 0 Å². The van der Waals surface area contributed by atoms with E-state index in [1.165, 1.54) is 14.1 Å². The number of amides is 1. The molecule has 0 fully saturated rings. The molecule has 10 heteroatoms. The Balaban J connectivity index is 2.05. The van der Waals surface area contributed by atoms with E-state index in [4.69, 9.17) is 0 Å². The van der Waals surface area contributed by atoms with Crippen LogP contribution in [-0.2, 0) is 23.6 Å². The van der Waals surface area contributed by atoms with Gasteiger partial charge in [-0.1, -0.05) is 0 Å². The van der Waals surface area contributed by atoms with Gasteiger partial charge in [0, 0.05) is 26.2 Å². The molecule has 25 heavy (non-hydrogen) atoms. The molecule has 1 amide bonds. The molecule has 0 saturated carbocycles. The van der Waals surface area contributed by atoms with E-state index < -0.39 is 46.9 Å². The van der Waals surface area contributed by atoms with Crippen LogP contribution in [0.15, 0.2) is 33.9 Å². The van der Waals surface area contributed by atoms with Crippen molar-refractivity contribution >= 4 is 17.7 Å². The first-order valence-corrected chi connectivity index (χ1v) is 6.90.